The van der Waals surface area contributed by atoms with E-state index in [4.69, 9.17) is 0 Å². The molecule has 0 spiro atoms. The van der Waals surface area contributed by atoms with E-state index in [9.17, 15) is 5.11 Å². The van der Waals surface area contributed by atoms with Crippen molar-refractivity contribution in [2.45, 2.75) is 78.4 Å². The molecule has 0 rings (SSSR count). The molecule has 2 unspecified atom stereocenters. The van der Waals surface area contributed by atoms with Crippen LogP contribution >= 0.6 is 0 Å². The van der Waals surface area contributed by atoms with Gasteiger partial charge in [-0.2, -0.15) is 0 Å². The molecular weight excluding hydrogens is 198 g/mol. The van der Waals surface area contributed by atoms with E-state index in [1.54, 1.807) is 0 Å². The number of hydrogen-bond acceptors (Lipinski definition) is 2. The van der Waals surface area contributed by atoms with Crippen LogP contribution in [0.5, 0.6) is 0 Å². The Bertz CT molecular complexity index is 182. The summed E-state index contributed by atoms with van der Waals surface area (Å²) in [6, 6.07) is 0. The number of rotatable bonds is 7. The summed E-state index contributed by atoms with van der Waals surface area (Å²) in [5.74, 6) is 0.620. The Morgan fingerprint density at radius 1 is 1.19 bits per heavy atom. The van der Waals surface area contributed by atoms with Crippen molar-refractivity contribution in [2.75, 3.05) is 6.54 Å². The molecule has 2 N–H and O–H groups in total. The maximum Gasteiger partial charge on any atom is 0.0634 e. The maximum absolute atomic E-state index is 10.3. The maximum atomic E-state index is 10.3. The molecule has 0 heterocycles. The van der Waals surface area contributed by atoms with Gasteiger partial charge in [0.2, 0.25) is 0 Å². The van der Waals surface area contributed by atoms with Gasteiger partial charge in [0.1, 0.15) is 0 Å². The molecule has 2 atom stereocenters. The summed E-state index contributed by atoms with van der Waals surface area (Å²) < 4.78 is 0. The standard InChI is InChI=1S/C14H31NO/c1-7-8-12(2)11-14(6,16)9-10-15-13(3,4)5/h12,15-16H,7-11H2,1-6H3. The topological polar surface area (TPSA) is 32.3 Å². The molecule has 2 heteroatoms. The average Bonchev–Trinajstić information content (AvgIpc) is 1.99. The molecular formula is C14H31NO. The van der Waals surface area contributed by atoms with Crippen LogP contribution in [0.25, 0.3) is 0 Å². The second-order valence-electron chi connectivity index (χ2n) is 6.52. The van der Waals surface area contributed by atoms with Gasteiger partial charge in [-0.3, -0.25) is 0 Å². The van der Waals surface area contributed by atoms with E-state index in [1.165, 1.54) is 12.8 Å². The Hall–Kier alpha value is -0.0800. The summed E-state index contributed by atoms with van der Waals surface area (Å²) in [5, 5.41) is 13.7. The van der Waals surface area contributed by atoms with E-state index in [1.807, 2.05) is 6.92 Å². The molecule has 0 saturated heterocycles. The van der Waals surface area contributed by atoms with Crippen molar-refractivity contribution in [3.8, 4) is 0 Å². The normalized spacial score (nSPS) is 18.2. The monoisotopic (exact) mass is 229 g/mol. The van der Waals surface area contributed by atoms with Crippen molar-refractivity contribution in [3.05, 3.63) is 0 Å². The molecule has 0 aromatic rings. The van der Waals surface area contributed by atoms with E-state index in [-0.39, 0.29) is 5.54 Å². The van der Waals surface area contributed by atoms with Crippen molar-refractivity contribution in [1.29, 1.82) is 0 Å². The van der Waals surface area contributed by atoms with Gasteiger partial charge in [0.05, 0.1) is 5.60 Å². The zero-order chi connectivity index (χ0) is 12.8. The van der Waals surface area contributed by atoms with E-state index >= 15 is 0 Å². The molecule has 0 radical (unpaired) electrons. The molecule has 0 aromatic carbocycles. The van der Waals surface area contributed by atoms with Gasteiger partial charge in [-0.05, 0) is 53.0 Å². The minimum absolute atomic E-state index is 0.144. The minimum Gasteiger partial charge on any atom is -0.390 e. The van der Waals surface area contributed by atoms with Gasteiger partial charge in [-0.25, -0.2) is 0 Å². The van der Waals surface area contributed by atoms with Crippen LogP contribution in [-0.2, 0) is 0 Å². The lowest BCUT2D eigenvalue weighted by atomic mass is 9.88. The fourth-order valence-electron chi connectivity index (χ4n) is 2.15. The lowest BCUT2D eigenvalue weighted by Gasteiger charge is -2.29. The summed E-state index contributed by atoms with van der Waals surface area (Å²) in [5.41, 5.74) is -0.377. The fraction of sp³-hybridized carbons (Fsp3) is 1.00. The first kappa shape index (κ1) is 15.9. The summed E-state index contributed by atoms with van der Waals surface area (Å²) in [6.07, 6.45) is 4.16. The van der Waals surface area contributed by atoms with Crippen LogP contribution in [0.15, 0.2) is 0 Å². The molecule has 98 valence electrons. The Morgan fingerprint density at radius 2 is 1.75 bits per heavy atom. The van der Waals surface area contributed by atoms with E-state index in [2.05, 4.69) is 39.9 Å². The summed E-state index contributed by atoms with van der Waals surface area (Å²) in [4.78, 5) is 0. The van der Waals surface area contributed by atoms with E-state index < -0.39 is 5.60 Å². The van der Waals surface area contributed by atoms with Crippen LogP contribution in [0.3, 0.4) is 0 Å². The molecule has 0 bridgehead atoms. The summed E-state index contributed by atoms with van der Waals surface area (Å²) in [6.45, 7) is 13.7. The summed E-state index contributed by atoms with van der Waals surface area (Å²) >= 11 is 0. The molecule has 0 aliphatic heterocycles. The third kappa shape index (κ3) is 9.17. The zero-order valence-corrected chi connectivity index (χ0v) is 12.1. The highest BCUT2D eigenvalue weighted by molar-refractivity contribution is 4.78. The predicted molar refractivity (Wildman–Crippen MR) is 71.7 cm³/mol. The first-order chi connectivity index (χ1) is 7.16. The van der Waals surface area contributed by atoms with E-state index in [0.717, 1.165) is 19.4 Å². The Labute approximate surface area is 102 Å². The third-order valence-electron chi connectivity index (χ3n) is 2.89. The lowest BCUT2D eigenvalue weighted by molar-refractivity contribution is 0.0255. The van der Waals surface area contributed by atoms with Crippen LogP contribution in [0, 0.1) is 5.92 Å². The van der Waals surface area contributed by atoms with Crippen molar-refractivity contribution in [2.24, 2.45) is 5.92 Å². The Balaban J connectivity index is 3.86. The molecule has 2 nitrogen and oxygen atoms in total. The quantitative estimate of drug-likeness (QED) is 0.702. The second kappa shape index (κ2) is 6.61. The van der Waals surface area contributed by atoms with Gasteiger partial charge < -0.3 is 10.4 Å². The van der Waals surface area contributed by atoms with Crippen LogP contribution in [0.1, 0.15) is 67.2 Å². The molecule has 16 heavy (non-hydrogen) atoms. The van der Waals surface area contributed by atoms with Gasteiger partial charge in [0.25, 0.3) is 0 Å². The van der Waals surface area contributed by atoms with Crippen LogP contribution < -0.4 is 5.32 Å². The molecule has 0 amide bonds. The number of nitrogens with one attached hydrogen (secondary N) is 1. The predicted octanol–water partition coefficient (Wildman–Crippen LogP) is 3.34. The smallest absolute Gasteiger partial charge is 0.0634 e. The Kier molecular flexibility index (Phi) is 6.57. The molecule has 0 fully saturated rings. The largest absolute Gasteiger partial charge is 0.390 e. The zero-order valence-electron chi connectivity index (χ0n) is 12.1. The first-order valence-corrected chi connectivity index (χ1v) is 6.64. The average molecular weight is 229 g/mol. The molecule has 0 saturated carbocycles. The second-order valence-corrected chi connectivity index (χ2v) is 6.52. The van der Waals surface area contributed by atoms with Crippen LogP contribution in [0.2, 0.25) is 0 Å². The van der Waals surface area contributed by atoms with Gasteiger partial charge >= 0.3 is 0 Å². The van der Waals surface area contributed by atoms with Gasteiger partial charge in [-0.1, -0.05) is 26.7 Å². The Morgan fingerprint density at radius 3 is 2.19 bits per heavy atom. The highest BCUT2D eigenvalue weighted by Gasteiger charge is 2.23. The highest BCUT2D eigenvalue weighted by atomic mass is 16.3. The lowest BCUT2D eigenvalue weighted by Crippen LogP contribution is -2.40. The molecule has 0 aromatic heterocycles. The fourth-order valence-corrected chi connectivity index (χ4v) is 2.15. The third-order valence-corrected chi connectivity index (χ3v) is 2.89. The van der Waals surface area contributed by atoms with Crippen molar-refractivity contribution >= 4 is 0 Å². The minimum atomic E-state index is -0.521. The molecule has 0 aliphatic rings. The van der Waals surface area contributed by atoms with E-state index in [0.29, 0.717) is 5.92 Å². The van der Waals surface area contributed by atoms with Crippen molar-refractivity contribution in [1.82, 2.24) is 5.32 Å². The molecule has 0 aliphatic carbocycles. The van der Waals surface area contributed by atoms with Crippen molar-refractivity contribution in [3.63, 3.8) is 0 Å². The van der Waals surface area contributed by atoms with Crippen LogP contribution in [-0.4, -0.2) is 22.8 Å². The first-order valence-electron chi connectivity index (χ1n) is 6.64. The van der Waals surface area contributed by atoms with Gasteiger partial charge in [-0.15, -0.1) is 0 Å². The van der Waals surface area contributed by atoms with Crippen molar-refractivity contribution < 1.29 is 5.11 Å². The number of hydrogen-bond donors (Lipinski definition) is 2. The van der Waals surface area contributed by atoms with Crippen LogP contribution in [0.4, 0.5) is 0 Å². The van der Waals surface area contributed by atoms with Gasteiger partial charge in [0, 0.05) is 5.54 Å². The van der Waals surface area contributed by atoms with Gasteiger partial charge in [0.15, 0.2) is 0 Å². The number of aliphatic hydroxyl groups is 1. The SMILES string of the molecule is CCCC(C)CC(C)(O)CCNC(C)(C)C. The summed E-state index contributed by atoms with van der Waals surface area (Å²) in [7, 11) is 0. The highest BCUT2D eigenvalue weighted by Crippen LogP contribution is 2.23.